The van der Waals surface area contributed by atoms with Gasteiger partial charge in [-0.2, -0.15) is 0 Å². The summed E-state index contributed by atoms with van der Waals surface area (Å²) >= 11 is 0. The van der Waals surface area contributed by atoms with Crippen LogP contribution in [0.1, 0.15) is 36.9 Å². The zero-order valence-electron chi connectivity index (χ0n) is 11.9. The highest BCUT2D eigenvalue weighted by Gasteiger charge is 2.28. The molecule has 0 bridgehead atoms. The lowest BCUT2D eigenvalue weighted by Gasteiger charge is -2.14. The van der Waals surface area contributed by atoms with Crippen molar-refractivity contribution in [3.63, 3.8) is 0 Å². The van der Waals surface area contributed by atoms with Gasteiger partial charge in [-0.05, 0) is 24.1 Å². The van der Waals surface area contributed by atoms with Crippen molar-refractivity contribution >= 4 is 6.03 Å². The molecule has 1 fully saturated rings. The minimum absolute atomic E-state index is 0.0354. The summed E-state index contributed by atoms with van der Waals surface area (Å²) in [6.07, 6.45) is 0. The highest BCUT2D eigenvalue weighted by atomic mass is 16.2. The second-order valence-corrected chi connectivity index (χ2v) is 5.37. The van der Waals surface area contributed by atoms with Crippen molar-refractivity contribution in [2.75, 3.05) is 26.7 Å². The second-order valence-electron chi connectivity index (χ2n) is 5.37. The Morgan fingerprint density at radius 1 is 1.37 bits per heavy atom. The van der Waals surface area contributed by atoms with E-state index in [9.17, 15) is 4.79 Å². The third kappa shape index (κ3) is 3.26. The highest BCUT2D eigenvalue weighted by molar-refractivity contribution is 5.77. The van der Waals surface area contributed by atoms with E-state index < -0.39 is 0 Å². The molecule has 4 nitrogen and oxygen atoms in total. The number of amides is 2. The van der Waals surface area contributed by atoms with Crippen molar-refractivity contribution in [2.24, 2.45) is 0 Å². The van der Waals surface area contributed by atoms with Gasteiger partial charge in [-0.1, -0.05) is 38.1 Å². The molecular weight excluding hydrogens is 238 g/mol. The molecule has 4 heteroatoms. The lowest BCUT2D eigenvalue weighted by atomic mass is 9.99. The van der Waals surface area contributed by atoms with E-state index in [2.05, 4.69) is 48.7 Å². The number of nitrogens with one attached hydrogen (secondary N) is 2. The summed E-state index contributed by atoms with van der Waals surface area (Å²) < 4.78 is 0. The van der Waals surface area contributed by atoms with Crippen LogP contribution in [0.15, 0.2) is 24.3 Å². The Kier molecular flexibility index (Phi) is 4.43. The lowest BCUT2D eigenvalue weighted by molar-refractivity contribution is 0.218. The van der Waals surface area contributed by atoms with Crippen LogP contribution in [0.3, 0.4) is 0 Å². The van der Waals surface area contributed by atoms with Crippen molar-refractivity contribution in [1.82, 2.24) is 15.5 Å². The second kappa shape index (κ2) is 6.06. The van der Waals surface area contributed by atoms with E-state index >= 15 is 0 Å². The summed E-state index contributed by atoms with van der Waals surface area (Å²) in [5.41, 5.74) is 2.52. The first kappa shape index (κ1) is 13.9. The van der Waals surface area contributed by atoms with E-state index in [4.69, 9.17) is 0 Å². The first-order valence-corrected chi connectivity index (χ1v) is 6.91. The van der Waals surface area contributed by atoms with Crippen LogP contribution in [-0.2, 0) is 0 Å². The number of hydrogen-bond donors (Lipinski definition) is 2. The molecule has 0 aliphatic carbocycles. The van der Waals surface area contributed by atoms with Crippen LogP contribution in [0, 0.1) is 0 Å². The summed E-state index contributed by atoms with van der Waals surface area (Å²) in [5.74, 6) is 0.541. The zero-order valence-corrected chi connectivity index (χ0v) is 11.9. The minimum atomic E-state index is 0.0354. The van der Waals surface area contributed by atoms with Crippen LogP contribution in [0.25, 0.3) is 0 Å². The van der Waals surface area contributed by atoms with Crippen molar-refractivity contribution in [3.05, 3.63) is 35.4 Å². The average molecular weight is 261 g/mol. The number of urea groups is 1. The third-order valence-corrected chi connectivity index (χ3v) is 3.63. The van der Waals surface area contributed by atoms with E-state index in [0.29, 0.717) is 5.92 Å². The van der Waals surface area contributed by atoms with Crippen LogP contribution >= 0.6 is 0 Å². The van der Waals surface area contributed by atoms with Gasteiger partial charge in [-0.25, -0.2) is 4.79 Å². The highest BCUT2D eigenvalue weighted by Crippen LogP contribution is 2.22. The normalized spacial score (nSPS) is 19.1. The average Bonchev–Trinajstić information content (AvgIpc) is 2.78. The van der Waals surface area contributed by atoms with Gasteiger partial charge in [0.05, 0.1) is 6.04 Å². The number of benzene rings is 1. The predicted molar refractivity (Wildman–Crippen MR) is 77.3 cm³/mol. The fourth-order valence-corrected chi connectivity index (χ4v) is 2.33. The van der Waals surface area contributed by atoms with Crippen molar-refractivity contribution in [2.45, 2.75) is 25.8 Å². The molecule has 0 spiro atoms. The van der Waals surface area contributed by atoms with Gasteiger partial charge in [0.15, 0.2) is 0 Å². The summed E-state index contributed by atoms with van der Waals surface area (Å²) in [6.45, 7) is 6.70. The van der Waals surface area contributed by atoms with E-state index in [-0.39, 0.29) is 12.1 Å². The number of carbonyl (C=O) groups excluding carboxylic acids is 1. The van der Waals surface area contributed by atoms with Crippen molar-refractivity contribution in [1.29, 1.82) is 0 Å². The number of likely N-dealkylation sites (N-methyl/N-ethyl adjacent to an activating group) is 1. The van der Waals surface area contributed by atoms with Crippen molar-refractivity contribution < 1.29 is 4.79 Å². The van der Waals surface area contributed by atoms with Gasteiger partial charge in [0.1, 0.15) is 0 Å². The molecule has 19 heavy (non-hydrogen) atoms. The molecule has 2 N–H and O–H groups in total. The van der Waals surface area contributed by atoms with Crippen LogP contribution in [0.4, 0.5) is 4.79 Å². The molecular formula is C15H23N3O. The number of rotatable bonds is 5. The number of carbonyl (C=O) groups is 1. The SMILES string of the molecule is CNCCN1CC(c2ccc(C(C)C)cc2)NC1=O. The maximum atomic E-state index is 11.8. The molecule has 1 saturated heterocycles. The predicted octanol–water partition coefficient (Wildman–Crippen LogP) is 2.10. The Bertz CT molecular complexity index is 428. The Labute approximate surface area is 115 Å². The molecule has 1 heterocycles. The summed E-state index contributed by atoms with van der Waals surface area (Å²) in [6, 6.07) is 8.72. The monoisotopic (exact) mass is 261 g/mol. The molecule has 1 aromatic carbocycles. The van der Waals surface area contributed by atoms with Gasteiger partial charge >= 0.3 is 6.03 Å². The fraction of sp³-hybridized carbons (Fsp3) is 0.533. The van der Waals surface area contributed by atoms with Gasteiger partial charge in [-0.15, -0.1) is 0 Å². The zero-order chi connectivity index (χ0) is 13.8. The van der Waals surface area contributed by atoms with E-state index in [1.54, 1.807) is 0 Å². The molecule has 0 aromatic heterocycles. The van der Waals surface area contributed by atoms with Crippen LogP contribution in [0.5, 0.6) is 0 Å². The fourth-order valence-electron chi connectivity index (χ4n) is 2.33. The van der Waals surface area contributed by atoms with Crippen LogP contribution in [-0.4, -0.2) is 37.6 Å². The van der Waals surface area contributed by atoms with Gasteiger partial charge < -0.3 is 15.5 Å². The summed E-state index contributed by atoms with van der Waals surface area (Å²) in [5, 5.41) is 6.11. The molecule has 2 rings (SSSR count). The molecule has 1 aromatic rings. The van der Waals surface area contributed by atoms with Gasteiger partial charge in [0, 0.05) is 19.6 Å². The molecule has 1 unspecified atom stereocenters. The maximum absolute atomic E-state index is 11.8. The number of hydrogen-bond acceptors (Lipinski definition) is 2. The largest absolute Gasteiger partial charge is 0.329 e. The lowest BCUT2D eigenvalue weighted by Crippen LogP contribution is -2.33. The van der Waals surface area contributed by atoms with Gasteiger partial charge in [0.25, 0.3) is 0 Å². The Morgan fingerprint density at radius 2 is 2.05 bits per heavy atom. The topological polar surface area (TPSA) is 44.4 Å². The van der Waals surface area contributed by atoms with E-state index in [0.717, 1.165) is 19.6 Å². The van der Waals surface area contributed by atoms with E-state index in [1.165, 1.54) is 11.1 Å². The van der Waals surface area contributed by atoms with Crippen LogP contribution in [0.2, 0.25) is 0 Å². The van der Waals surface area contributed by atoms with Gasteiger partial charge in [-0.3, -0.25) is 0 Å². The first-order valence-electron chi connectivity index (χ1n) is 6.91. The maximum Gasteiger partial charge on any atom is 0.318 e. The molecule has 1 atom stereocenters. The Balaban J connectivity index is 2.01. The number of nitrogens with zero attached hydrogens (tertiary/aromatic N) is 1. The smallest absolute Gasteiger partial charge is 0.318 e. The molecule has 1 aliphatic heterocycles. The first-order chi connectivity index (χ1) is 9.11. The molecule has 2 amide bonds. The van der Waals surface area contributed by atoms with Crippen molar-refractivity contribution in [3.8, 4) is 0 Å². The minimum Gasteiger partial charge on any atom is -0.329 e. The van der Waals surface area contributed by atoms with Gasteiger partial charge in [0.2, 0.25) is 0 Å². The van der Waals surface area contributed by atoms with Crippen LogP contribution < -0.4 is 10.6 Å². The Hall–Kier alpha value is -1.55. The molecule has 104 valence electrons. The molecule has 1 aliphatic rings. The standard InChI is InChI=1S/C15H23N3O/c1-11(2)12-4-6-13(7-5-12)14-10-18(9-8-16-3)15(19)17-14/h4-7,11,14,16H,8-10H2,1-3H3,(H,17,19). The van der Waals surface area contributed by atoms with E-state index in [1.807, 2.05) is 11.9 Å². The molecule has 0 radical (unpaired) electrons. The Morgan fingerprint density at radius 3 is 2.63 bits per heavy atom. The third-order valence-electron chi connectivity index (χ3n) is 3.63. The summed E-state index contributed by atoms with van der Waals surface area (Å²) in [4.78, 5) is 13.7. The summed E-state index contributed by atoms with van der Waals surface area (Å²) in [7, 11) is 1.90. The molecule has 0 saturated carbocycles. The quantitative estimate of drug-likeness (QED) is 0.852.